The molecule has 0 fully saturated rings. The molecule has 28 heavy (non-hydrogen) atoms. The lowest BCUT2D eigenvalue weighted by Crippen LogP contribution is -1.97. The van der Waals surface area contributed by atoms with Gasteiger partial charge in [0, 0.05) is 33.8 Å². The molecule has 0 bridgehead atoms. The van der Waals surface area contributed by atoms with Crippen LogP contribution in [0.1, 0.15) is 11.3 Å². The highest BCUT2D eigenvalue weighted by Crippen LogP contribution is 2.42. The number of nitrogens with one attached hydrogen (secondary N) is 1. The van der Waals surface area contributed by atoms with Crippen LogP contribution in [0.15, 0.2) is 30.3 Å². The maximum Gasteiger partial charge on any atom is 0.324 e. The number of aromatic nitrogens is 3. The Balaban J connectivity index is 2.11. The topological polar surface area (TPSA) is 129 Å². The first kappa shape index (κ1) is 17.6. The lowest BCUT2D eigenvalue weighted by molar-refractivity contribution is -0.380. The molecule has 0 atom stereocenters. The van der Waals surface area contributed by atoms with E-state index in [-0.39, 0.29) is 33.2 Å². The van der Waals surface area contributed by atoms with E-state index in [1.54, 1.807) is 13.0 Å². The number of halogens is 1. The van der Waals surface area contributed by atoms with Gasteiger partial charge in [0.05, 0.1) is 21.6 Å². The molecular weight excluding hydrogens is 385 g/mol. The summed E-state index contributed by atoms with van der Waals surface area (Å²) in [7, 11) is 0. The molecule has 3 heterocycles. The summed E-state index contributed by atoms with van der Waals surface area (Å²) in [5.74, 6) is -1.01. The summed E-state index contributed by atoms with van der Waals surface area (Å²) in [6.07, 6.45) is 0. The summed E-state index contributed by atoms with van der Waals surface area (Å²) < 4.78 is 14.5. The Labute approximate surface area is 160 Å². The van der Waals surface area contributed by atoms with Crippen molar-refractivity contribution in [3.8, 4) is 33.5 Å². The van der Waals surface area contributed by atoms with Gasteiger partial charge in [-0.2, -0.15) is 10.4 Å². The van der Waals surface area contributed by atoms with Gasteiger partial charge in [0.2, 0.25) is 0 Å². The zero-order valence-electron chi connectivity index (χ0n) is 14.2. The lowest BCUT2D eigenvalue weighted by Gasteiger charge is -2.10. The highest BCUT2D eigenvalue weighted by Gasteiger charge is 2.25. The smallest absolute Gasteiger partial charge is 0.324 e. The Morgan fingerprint density at radius 2 is 2.14 bits per heavy atom. The number of H-pyrrole nitrogens is 1. The second kappa shape index (κ2) is 6.40. The molecule has 1 aromatic carbocycles. The molecule has 138 valence electrons. The molecule has 2 N–H and O–H groups in total. The van der Waals surface area contributed by atoms with Crippen molar-refractivity contribution in [1.29, 1.82) is 5.26 Å². The van der Waals surface area contributed by atoms with E-state index in [1.165, 1.54) is 18.2 Å². The predicted molar refractivity (Wildman–Crippen MR) is 100 cm³/mol. The average molecular weight is 395 g/mol. The predicted octanol–water partition coefficient (Wildman–Crippen LogP) is 4.29. The molecule has 3 aromatic heterocycles. The second-order valence-corrected chi connectivity index (χ2v) is 6.99. The number of hydrogen-bond donors (Lipinski definition) is 2. The maximum absolute atomic E-state index is 14.5. The standard InChI is InChI=1S/C18H10FN5O3S/c1-8-15-16(13-4-5-14(28-13)24(26)27)11(7-20)17(21-18(15)23-22-8)10-3-2-9(25)6-12(10)19/h2-6,25H,1H3,(H,21,22,23). The van der Waals surface area contributed by atoms with Crippen LogP contribution >= 0.6 is 11.3 Å². The molecule has 10 heteroatoms. The molecule has 4 aromatic rings. The minimum absolute atomic E-state index is 0.0178. The molecule has 0 radical (unpaired) electrons. The number of rotatable bonds is 3. The highest BCUT2D eigenvalue weighted by molar-refractivity contribution is 7.18. The normalized spacial score (nSPS) is 10.9. The molecule has 8 nitrogen and oxygen atoms in total. The number of thiophene rings is 1. The molecule has 0 aliphatic rings. The number of nitro groups is 1. The number of hydrogen-bond acceptors (Lipinski definition) is 7. The molecule has 0 saturated heterocycles. The van der Waals surface area contributed by atoms with Gasteiger partial charge in [0.15, 0.2) is 5.65 Å². The number of phenols is 1. The molecular formula is C18H10FN5O3S. The number of aromatic amines is 1. The number of phenolic OH excluding ortho intramolecular Hbond substituents is 1. The summed E-state index contributed by atoms with van der Waals surface area (Å²) in [5, 5.41) is 37.8. The second-order valence-electron chi connectivity index (χ2n) is 5.93. The van der Waals surface area contributed by atoms with Crippen molar-refractivity contribution >= 4 is 27.4 Å². The van der Waals surface area contributed by atoms with Crippen LogP contribution in [0, 0.1) is 34.2 Å². The molecule has 4 rings (SSSR count). The summed E-state index contributed by atoms with van der Waals surface area (Å²) in [6, 6.07) is 8.48. The van der Waals surface area contributed by atoms with E-state index in [2.05, 4.69) is 21.3 Å². The van der Waals surface area contributed by atoms with Crippen molar-refractivity contribution < 1.29 is 14.4 Å². The van der Waals surface area contributed by atoms with E-state index < -0.39 is 10.7 Å². The van der Waals surface area contributed by atoms with E-state index in [1.807, 2.05) is 0 Å². The fraction of sp³-hybridized carbons (Fsp3) is 0.0556. The monoisotopic (exact) mass is 395 g/mol. The van der Waals surface area contributed by atoms with E-state index in [9.17, 15) is 24.9 Å². The fourth-order valence-electron chi connectivity index (χ4n) is 3.01. The van der Waals surface area contributed by atoms with Crippen molar-refractivity contribution in [2.24, 2.45) is 0 Å². The van der Waals surface area contributed by atoms with Gasteiger partial charge in [-0.25, -0.2) is 9.37 Å². The third-order valence-electron chi connectivity index (χ3n) is 4.22. The number of aryl methyl sites for hydroxylation is 1. The molecule has 0 spiro atoms. The number of benzene rings is 1. The summed E-state index contributed by atoms with van der Waals surface area (Å²) in [6.45, 7) is 1.74. The summed E-state index contributed by atoms with van der Waals surface area (Å²) >= 11 is 0.908. The van der Waals surface area contributed by atoms with Gasteiger partial charge >= 0.3 is 5.00 Å². The van der Waals surface area contributed by atoms with Crippen LogP contribution in [0.3, 0.4) is 0 Å². The molecule has 0 aliphatic carbocycles. The van der Waals surface area contributed by atoms with Gasteiger partial charge in [-0.1, -0.05) is 11.3 Å². The number of aromatic hydroxyl groups is 1. The highest BCUT2D eigenvalue weighted by atomic mass is 32.1. The number of pyridine rings is 1. The molecule has 0 amide bonds. The summed E-state index contributed by atoms with van der Waals surface area (Å²) in [4.78, 5) is 15.4. The molecule has 0 unspecified atom stereocenters. The Bertz CT molecular complexity index is 1300. The first-order chi connectivity index (χ1) is 13.4. The zero-order valence-corrected chi connectivity index (χ0v) is 15.0. The Morgan fingerprint density at radius 1 is 1.36 bits per heavy atom. The third-order valence-corrected chi connectivity index (χ3v) is 5.27. The number of nitriles is 1. The quantitative estimate of drug-likeness (QED) is 0.393. The Kier molecular flexibility index (Phi) is 4.01. The van der Waals surface area contributed by atoms with Gasteiger partial charge in [-0.3, -0.25) is 15.2 Å². The van der Waals surface area contributed by atoms with Gasteiger partial charge < -0.3 is 5.11 Å². The van der Waals surface area contributed by atoms with E-state index >= 15 is 0 Å². The van der Waals surface area contributed by atoms with E-state index in [0.717, 1.165) is 17.4 Å². The Hall–Kier alpha value is -3.84. The van der Waals surface area contributed by atoms with Crippen molar-refractivity contribution in [2.45, 2.75) is 6.92 Å². The van der Waals surface area contributed by atoms with Crippen LogP contribution in [0.2, 0.25) is 0 Å². The van der Waals surface area contributed by atoms with Crippen LogP contribution < -0.4 is 0 Å². The first-order valence-corrected chi connectivity index (χ1v) is 8.74. The largest absolute Gasteiger partial charge is 0.508 e. The van der Waals surface area contributed by atoms with Crippen LogP contribution in [0.25, 0.3) is 32.7 Å². The van der Waals surface area contributed by atoms with Gasteiger partial charge in [-0.05, 0) is 25.1 Å². The zero-order chi connectivity index (χ0) is 20.0. The van der Waals surface area contributed by atoms with Crippen LogP contribution in [0.5, 0.6) is 5.75 Å². The van der Waals surface area contributed by atoms with Gasteiger partial charge in [0.25, 0.3) is 0 Å². The lowest BCUT2D eigenvalue weighted by atomic mass is 9.97. The van der Waals surface area contributed by atoms with Crippen molar-refractivity contribution in [1.82, 2.24) is 15.2 Å². The van der Waals surface area contributed by atoms with Crippen LogP contribution in [-0.4, -0.2) is 25.2 Å². The minimum Gasteiger partial charge on any atom is -0.508 e. The van der Waals surface area contributed by atoms with Crippen molar-refractivity contribution in [3.63, 3.8) is 0 Å². The van der Waals surface area contributed by atoms with Crippen LogP contribution in [0.4, 0.5) is 9.39 Å². The molecule has 0 saturated carbocycles. The third kappa shape index (κ3) is 2.65. The van der Waals surface area contributed by atoms with E-state index in [4.69, 9.17) is 0 Å². The maximum atomic E-state index is 14.5. The first-order valence-electron chi connectivity index (χ1n) is 7.93. The minimum atomic E-state index is -0.751. The van der Waals surface area contributed by atoms with Gasteiger partial charge in [-0.15, -0.1) is 0 Å². The summed E-state index contributed by atoms with van der Waals surface area (Å²) in [5.41, 5.74) is 1.42. The van der Waals surface area contributed by atoms with E-state index in [0.29, 0.717) is 21.5 Å². The molecule has 0 aliphatic heterocycles. The number of nitrogens with zero attached hydrogens (tertiary/aromatic N) is 4. The van der Waals surface area contributed by atoms with Crippen molar-refractivity contribution in [2.75, 3.05) is 0 Å². The Morgan fingerprint density at radius 3 is 2.79 bits per heavy atom. The average Bonchev–Trinajstić information content (AvgIpc) is 3.28. The van der Waals surface area contributed by atoms with Gasteiger partial charge in [0.1, 0.15) is 17.6 Å². The fourth-order valence-corrected chi connectivity index (χ4v) is 3.89. The SMILES string of the molecule is Cc1[nH]nc2nc(-c3ccc(O)cc3F)c(C#N)c(-c3ccc([N+](=O)[O-])s3)c12. The van der Waals surface area contributed by atoms with Crippen LogP contribution in [-0.2, 0) is 0 Å². The number of fused-ring (bicyclic) bond motifs is 1. The van der Waals surface area contributed by atoms with Crippen molar-refractivity contribution in [3.05, 3.63) is 57.5 Å².